The highest BCUT2D eigenvalue weighted by Crippen LogP contribution is 2.38. The van der Waals surface area contributed by atoms with E-state index in [9.17, 15) is 63.5 Å². The molecular weight excluding hydrogens is 1380 g/mol. The number of fused-ring (bicyclic) bond motifs is 3. The quantitative estimate of drug-likeness (QED) is 0.0681. The summed E-state index contributed by atoms with van der Waals surface area (Å²) in [6.07, 6.45) is 1.45. The van der Waals surface area contributed by atoms with E-state index in [1.165, 1.54) is 44.2 Å². The second kappa shape index (κ2) is 31.6. The smallest absolute Gasteiger partial charge is 0.357 e. The SMILES string of the molecule is O=C(c1ccc(Cl)cc1)N1CCN(c2c([N+](=O)[O-])c(=O)n(Cc3ccccc3)c3ccccc23)CC1.O=C(c1ccc(F)cc1)N1CCN(c2c([N+](=O)[O-])c(=O)n(Cc3ccccc3)c3ccccc23)CC1.O=C(c1ccco1)N1CCN(c2c([N+](=O)[O-])c(=O)n(Cc3ccccc3)c3ccccc23)CC1. The summed E-state index contributed by atoms with van der Waals surface area (Å²) in [5, 5.41) is 39.0. The average molecular weight is 1450 g/mol. The maximum atomic E-state index is 13.5. The monoisotopic (exact) mass is 1450 g/mol. The number of nitro groups is 3. The zero-order valence-corrected chi connectivity index (χ0v) is 57.7. The van der Waals surface area contributed by atoms with Gasteiger partial charge in [-0.05, 0) is 95.6 Å². The van der Waals surface area contributed by atoms with E-state index < -0.39 is 54.3 Å². The number of hydrogen-bond donors (Lipinski definition) is 0. The number of halogens is 2. The second-order valence-electron chi connectivity index (χ2n) is 25.4. The standard InChI is InChI=1S/C27H23ClN4O4.C27H23FN4O4.C25H22N4O5/c2*28-21-12-10-20(11-13-21)26(33)30-16-14-29(15-17-30)24-22-8-4-5-9-23(22)31(27(34)25(24)32(35)36)18-19-6-2-1-3-7-19;30-24(21-11-6-16-34-21)27-14-12-26(13-15-27)22-19-9-4-5-10-20(19)28(25(31)23(22)29(32)33)17-18-7-2-1-3-8-18/h2*1-13H,14-18H2;1-11,16H,12-15,17H2. The van der Waals surface area contributed by atoms with Crippen molar-refractivity contribution in [2.45, 2.75) is 19.6 Å². The highest BCUT2D eigenvalue weighted by atomic mass is 35.5. The molecular formula is C79H68ClFN12O13. The van der Waals surface area contributed by atoms with Crippen molar-refractivity contribution in [2.24, 2.45) is 0 Å². The molecule has 0 radical (unpaired) electrons. The van der Waals surface area contributed by atoms with Crippen LogP contribution in [0.15, 0.2) is 250 Å². The maximum Gasteiger partial charge on any atom is 0.357 e. The highest BCUT2D eigenvalue weighted by Gasteiger charge is 2.37. The molecule has 3 fully saturated rings. The molecule has 3 aliphatic heterocycles. The molecule has 12 aromatic rings. The van der Waals surface area contributed by atoms with Gasteiger partial charge in [0.15, 0.2) is 5.76 Å². The van der Waals surface area contributed by atoms with Gasteiger partial charge in [0.1, 0.15) is 22.9 Å². The Balaban J connectivity index is 0.000000141. The van der Waals surface area contributed by atoms with E-state index in [0.717, 1.165) is 16.7 Å². The lowest BCUT2D eigenvalue weighted by molar-refractivity contribution is -0.385. The molecule has 7 heterocycles. The molecule has 3 saturated heterocycles. The van der Waals surface area contributed by atoms with Crippen molar-refractivity contribution >= 4 is 96.2 Å². The van der Waals surface area contributed by atoms with Gasteiger partial charge in [0.2, 0.25) is 0 Å². The molecule has 27 heteroatoms. The first-order valence-corrected chi connectivity index (χ1v) is 34.5. The number of pyridine rings is 3. The molecule has 0 unspecified atom stereocenters. The summed E-state index contributed by atoms with van der Waals surface area (Å²) in [5.41, 5.74) is 2.98. The Hall–Kier alpha value is -13.1. The third-order valence-corrected chi connectivity index (χ3v) is 19.3. The Kier molecular flexibility index (Phi) is 21.3. The minimum absolute atomic E-state index is 0.121. The fourth-order valence-corrected chi connectivity index (χ4v) is 14.0. The van der Waals surface area contributed by atoms with Crippen LogP contribution >= 0.6 is 11.6 Å². The zero-order valence-electron chi connectivity index (χ0n) is 57.0. The summed E-state index contributed by atoms with van der Waals surface area (Å²) in [5.74, 6) is -0.732. The summed E-state index contributed by atoms with van der Waals surface area (Å²) in [7, 11) is 0. The van der Waals surface area contributed by atoms with Crippen LogP contribution < -0.4 is 31.4 Å². The van der Waals surface area contributed by atoms with Crippen LogP contribution in [-0.4, -0.2) is 139 Å². The van der Waals surface area contributed by atoms with Gasteiger partial charge in [-0.3, -0.25) is 72.8 Å². The third-order valence-electron chi connectivity index (χ3n) is 19.0. The Morgan fingerprint density at radius 2 is 0.660 bits per heavy atom. The summed E-state index contributed by atoms with van der Waals surface area (Å²) >= 11 is 5.93. The van der Waals surface area contributed by atoms with Gasteiger partial charge in [-0.15, -0.1) is 0 Å². The molecule has 536 valence electrons. The van der Waals surface area contributed by atoms with Crippen LogP contribution in [-0.2, 0) is 19.6 Å². The second-order valence-corrected chi connectivity index (χ2v) is 25.8. The Morgan fingerprint density at radius 1 is 0.368 bits per heavy atom. The fourth-order valence-electron chi connectivity index (χ4n) is 13.9. The number of benzene rings is 8. The number of aromatic nitrogens is 3. The number of hydrogen-bond acceptors (Lipinski definition) is 16. The molecule has 3 amide bonds. The number of amides is 3. The van der Waals surface area contributed by atoms with Gasteiger partial charge in [0.05, 0.1) is 57.2 Å². The van der Waals surface area contributed by atoms with E-state index in [1.54, 1.807) is 81.4 Å². The predicted molar refractivity (Wildman–Crippen MR) is 402 cm³/mol. The zero-order chi connectivity index (χ0) is 74.1. The van der Waals surface area contributed by atoms with E-state index in [1.807, 2.05) is 148 Å². The molecule has 0 saturated carbocycles. The van der Waals surface area contributed by atoms with Crippen LogP contribution in [0.2, 0.25) is 5.02 Å². The van der Waals surface area contributed by atoms with Gasteiger partial charge in [-0.25, -0.2) is 4.39 Å². The predicted octanol–water partition coefficient (Wildman–Crippen LogP) is 12.1. The Bertz CT molecular complexity index is 5240. The normalized spacial score (nSPS) is 13.8. The first-order valence-electron chi connectivity index (χ1n) is 34.1. The van der Waals surface area contributed by atoms with Crippen molar-refractivity contribution in [2.75, 3.05) is 93.2 Å². The number of furan rings is 1. The molecule has 106 heavy (non-hydrogen) atoms. The first kappa shape index (κ1) is 71.3. The molecule has 15 rings (SSSR count). The minimum Gasteiger partial charge on any atom is -0.459 e. The summed E-state index contributed by atoms with van der Waals surface area (Å²) in [6.45, 7) is 4.86. The van der Waals surface area contributed by atoms with Gasteiger partial charge < -0.3 is 33.8 Å². The highest BCUT2D eigenvalue weighted by molar-refractivity contribution is 6.30. The number of carbonyl (C=O) groups excluding carboxylic acids is 3. The first-order chi connectivity index (χ1) is 51.4. The van der Waals surface area contributed by atoms with Gasteiger partial charge in [-0.2, -0.15) is 0 Å². The number of carbonyl (C=O) groups is 3. The fraction of sp³-hybridized carbons (Fsp3) is 0.190. The lowest BCUT2D eigenvalue weighted by Crippen LogP contribution is -2.49. The van der Waals surface area contributed by atoms with Crippen molar-refractivity contribution < 1.29 is 38.0 Å². The third kappa shape index (κ3) is 15.1. The van der Waals surface area contributed by atoms with Crippen molar-refractivity contribution in [3.63, 3.8) is 0 Å². The minimum atomic E-state index is -0.664. The maximum absolute atomic E-state index is 13.5. The van der Waals surface area contributed by atoms with E-state index >= 15 is 0 Å². The molecule has 25 nitrogen and oxygen atoms in total. The number of rotatable bonds is 15. The van der Waals surface area contributed by atoms with Gasteiger partial charge in [0, 0.05) is 111 Å². The van der Waals surface area contributed by atoms with E-state index in [0.29, 0.717) is 139 Å². The number of piperazine rings is 3. The van der Waals surface area contributed by atoms with Crippen molar-refractivity contribution in [3.8, 4) is 0 Å². The van der Waals surface area contributed by atoms with Gasteiger partial charge in [0.25, 0.3) is 17.7 Å². The Morgan fingerprint density at radius 3 is 0.962 bits per heavy atom. The molecule has 8 aromatic carbocycles. The van der Waals surface area contributed by atoms with Crippen LogP contribution in [0.4, 0.5) is 38.5 Å². The van der Waals surface area contributed by atoms with Crippen molar-refractivity contribution in [3.05, 3.63) is 337 Å². The topological polar surface area (TPSA) is 279 Å². The van der Waals surface area contributed by atoms with E-state index in [-0.39, 0.29) is 48.8 Å². The molecule has 0 bridgehead atoms. The molecule has 0 N–H and O–H groups in total. The largest absolute Gasteiger partial charge is 0.459 e. The molecule has 3 aliphatic rings. The molecule has 0 atom stereocenters. The van der Waals surface area contributed by atoms with Crippen molar-refractivity contribution in [1.29, 1.82) is 0 Å². The number of anilines is 3. The summed E-state index contributed by atoms with van der Waals surface area (Å²) in [4.78, 5) is 124. The number of nitrogens with zero attached hydrogens (tertiary/aromatic N) is 12. The molecule has 0 spiro atoms. The average Bonchev–Trinajstić information content (AvgIpc) is 0.949. The van der Waals surface area contributed by atoms with Crippen LogP contribution in [0.3, 0.4) is 0 Å². The van der Waals surface area contributed by atoms with Gasteiger partial charge >= 0.3 is 33.7 Å². The van der Waals surface area contributed by atoms with Crippen LogP contribution in [0.1, 0.15) is 48.0 Å². The number of para-hydroxylation sites is 3. The van der Waals surface area contributed by atoms with E-state index in [4.69, 9.17) is 16.0 Å². The summed E-state index contributed by atoms with van der Waals surface area (Å²) in [6, 6.07) is 65.1. The lowest BCUT2D eigenvalue weighted by Gasteiger charge is -2.36. The van der Waals surface area contributed by atoms with Crippen LogP contribution in [0.5, 0.6) is 0 Å². The molecule has 4 aromatic heterocycles. The van der Waals surface area contributed by atoms with Crippen molar-refractivity contribution in [1.82, 2.24) is 28.4 Å². The van der Waals surface area contributed by atoms with Crippen LogP contribution in [0.25, 0.3) is 32.7 Å². The molecule has 0 aliphatic carbocycles. The Labute approximate surface area is 609 Å². The van der Waals surface area contributed by atoms with E-state index in [2.05, 4.69) is 0 Å². The van der Waals surface area contributed by atoms with Gasteiger partial charge in [-0.1, -0.05) is 157 Å². The summed E-state index contributed by atoms with van der Waals surface area (Å²) < 4.78 is 22.8. The van der Waals surface area contributed by atoms with Crippen LogP contribution in [0, 0.1) is 36.2 Å². The lowest BCUT2D eigenvalue weighted by atomic mass is 10.1.